The third kappa shape index (κ3) is 3.01. The average molecular weight is 260 g/mol. The van der Waals surface area contributed by atoms with Gasteiger partial charge in [0.15, 0.2) is 11.6 Å². The summed E-state index contributed by atoms with van der Waals surface area (Å²) in [5.41, 5.74) is 0.296. The van der Waals surface area contributed by atoms with Crippen molar-refractivity contribution >= 4 is 5.69 Å². The zero-order valence-corrected chi connectivity index (χ0v) is 10.1. The van der Waals surface area contributed by atoms with Crippen molar-refractivity contribution in [3.63, 3.8) is 0 Å². The minimum atomic E-state index is -0.803. The fraction of sp³-hybridized carbons (Fsp3) is 0.154. The maximum Gasteiger partial charge on any atom is 0.150 e. The summed E-state index contributed by atoms with van der Waals surface area (Å²) in [7, 11) is 0. The minimum absolute atomic E-state index is 0.0570. The largest absolute Gasteiger partial charge is 0.375 e. The van der Waals surface area contributed by atoms with Crippen molar-refractivity contribution in [2.75, 3.05) is 5.32 Å². The van der Waals surface area contributed by atoms with E-state index in [0.29, 0.717) is 11.5 Å². The fourth-order valence-electron chi connectivity index (χ4n) is 1.59. The molecule has 4 nitrogen and oxygen atoms in total. The number of halogens is 2. The van der Waals surface area contributed by atoms with Crippen LogP contribution in [0.1, 0.15) is 17.1 Å². The van der Waals surface area contributed by atoms with Crippen molar-refractivity contribution in [1.29, 1.82) is 5.26 Å². The number of benzene rings is 1. The maximum absolute atomic E-state index is 13.6. The second-order valence-corrected chi connectivity index (χ2v) is 3.88. The highest BCUT2D eigenvalue weighted by Crippen LogP contribution is 2.21. The Kier molecular flexibility index (Phi) is 3.66. The zero-order valence-electron chi connectivity index (χ0n) is 10.1. The molecule has 0 aliphatic carbocycles. The lowest BCUT2D eigenvalue weighted by atomic mass is 10.2. The van der Waals surface area contributed by atoms with Gasteiger partial charge in [0.1, 0.15) is 11.5 Å². The van der Waals surface area contributed by atoms with E-state index in [4.69, 9.17) is 5.26 Å². The van der Waals surface area contributed by atoms with Crippen LogP contribution in [0.4, 0.5) is 14.5 Å². The zero-order chi connectivity index (χ0) is 13.8. The molecule has 0 saturated carbocycles. The highest BCUT2D eigenvalue weighted by molar-refractivity contribution is 5.50. The summed E-state index contributed by atoms with van der Waals surface area (Å²) in [6.45, 7) is 1.90. The third-order valence-electron chi connectivity index (χ3n) is 2.45. The number of anilines is 1. The minimum Gasteiger partial charge on any atom is -0.375 e. The molecule has 96 valence electrons. The van der Waals surface area contributed by atoms with E-state index in [-0.39, 0.29) is 17.8 Å². The van der Waals surface area contributed by atoms with E-state index < -0.39 is 11.6 Å². The van der Waals surface area contributed by atoms with Gasteiger partial charge in [0.05, 0.1) is 23.9 Å². The SMILES string of the molecule is Cc1nccc(CNc2c(F)cc(C#N)cc2F)n1. The van der Waals surface area contributed by atoms with E-state index in [1.165, 1.54) is 0 Å². The summed E-state index contributed by atoms with van der Waals surface area (Å²) in [6, 6.07) is 5.31. The molecule has 1 N–H and O–H groups in total. The lowest BCUT2D eigenvalue weighted by Crippen LogP contribution is -2.06. The molecule has 0 aliphatic heterocycles. The van der Waals surface area contributed by atoms with E-state index in [1.807, 2.05) is 0 Å². The number of aryl methyl sites for hydroxylation is 1. The quantitative estimate of drug-likeness (QED) is 0.921. The van der Waals surface area contributed by atoms with Crippen LogP contribution in [0.3, 0.4) is 0 Å². The second-order valence-electron chi connectivity index (χ2n) is 3.88. The second kappa shape index (κ2) is 5.40. The number of hydrogen-bond donors (Lipinski definition) is 1. The fourth-order valence-corrected chi connectivity index (χ4v) is 1.59. The summed E-state index contributed by atoms with van der Waals surface area (Å²) in [6.07, 6.45) is 1.57. The molecule has 0 spiro atoms. The van der Waals surface area contributed by atoms with E-state index in [0.717, 1.165) is 12.1 Å². The molecule has 0 radical (unpaired) electrons. The number of nitrogens with one attached hydrogen (secondary N) is 1. The molecule has 0 aliphatic rings. The molecule has 2 rings (SSSR count). The van der Waals surface area contributed by atoms with Gasteiger partial charge in [-0.2, -0.15) is 5.26 Å². The molecular formula is C13H10F2N4. The van der Waals surface area contributed by atoms with Crippen molar-refractivity contribution in [3.8, 4) is 6.07 Å². The van der Waals surface area contributed by atoms with E-state index in [9.17, 15) is 8.78 Å². The first kappa shape index (κ1) is 12.9. The molecule has 0 amide bonds. The molecule has 2 aromatic rings. The molecule has 0 bridgehead atoms. The Morgan fingerprint density at radius 3 is 2.58 bits per heavy atom. The van der Waals surface area contributed by atoms with Crippen molar-refractivity contribution < 1.29 is 8.78 Å². The molecule has 0 unspecified atom stereocenters. The number of aromatic nitrogens is 2. The van der Waals surface area contributed by atoms with Crippen LogP contribution in [0.5, 0.6) is 0 Å². The Hall–Kier alpha value is -2.55. The summed E-state index contributed by atoms with van der Waals surface area (Å²) < 4.78 is 27.2. The summed E-state index contributed by atoms with van der Waals surface area (Å²) in [4.78, 5) is 8.04. The smallest absolute Gasteiger partial charge is 0.150 e. The average Bonchev–Trinajstić information content (AvgIpc) is 2.37. The Labute approximate surface area is 108 Å². The van der Waals surface area contributed by atoms with Gasteiger partial charge in [-0.25, -0.2) is 18.7 Å². The first-order chi connectivity index (χ1) is 9.10. The Balaban J connectivity index is 2.18. The Bertz CT molecular complexity index is 626. The number of nitriles is 1. The number of rotatable bonds is 3. The van der Waals surface area contributed by atoms with Crippen molar-refractivity contribution in [2.24, 2.45) is 0 Å². The molecule has 1 aromatic heterocycles. The first-order valence-corrected chi connectivity index (χ1v) is 5.51. The van der Waals surface area contributed by atoms with E-state index in [1.54, 1.807) is 25.3 Å². The van der Waals surface area contributed by atoms with Gasteiger partial charge in [-0.15, -0.1) is 0 Å². The lowest BCUT2D eigenvalue weighted by molar-refractivity contribution is 0.587. The van der Waals surface area contributed by atoms with Gasteiger partial charge in [-0.05, 0) is 25.1 Å². The molecule has 0 saturated heterocycles. The van der Waals surface area contributed by atoms with Gasteiger partial charge >= 0.3 is 0 Å². The van der Waals surface area contributed by atoms with Gasteiger partial charge in [0.2, 0.25) is 0 Å². The van der Waals surface area contributed by atoms with E-state index in [2.05, 4.69) is 15.3 Å². The molecular weight excluding hydrogens is 250 g/mol. The monoisotopic (exact) mass is 260 g/mol. The molecule has 19 heavy (non-hydrogen) atoms. The van der Waals surface area contributed by atoms with Crippen LogP contribution in [-0.2, 0) is 6.54 Å². The maximum atomic E-state index is 13.6. The predicted octanol–water partition coefficient (Wildman–Crippen LogP) is 2.55. The highest BCUT2D eigenvalue weighted by Gasteiger charge is 2.11. The Morgan fingerprint density at radius 2 is 2.00 bits per heavy atom. The number of hydrogen-bond acceptors (Lipinski definition) is 4. The van der Waals surface area contributed by atoms with Gasteiger partial charge in [0, 0.05) is 6.20 Å². The van der Waals surface area contributed by atoms with Crippen molar-refractivity contribution in [1.82, 2.24) is 9.97 Å². The molecule has 0 atom stereocenters. The van der Waals surface area contributed by atoms with Gasteiger partial charge in [-0.3, -0.25) is 0 Å². The normalized spacial score (nSPS) is 10.0. The highest BCUT2D eigenvalue weighted by atomic mass is 19.1. The Morgan fingerprint density at radius 1 is 1.32 bits per heavy atom. The van der Waals surface area contributed by atoms with Crippen LogP contribution >= 0.6 is 0 Å². The predicted molar refractivity (Wildman–Crippen MR) is 65.2 cm³/mol. The van der Waals surface area contributed by atoms with Crippen molar-refractivity contribution in [3.05, 3.63) is 53.1 Å². The summed E-state index contributed by atoms with van der Waals surface area (Å²) in [5, 5.41) is 11.2. The number of nitrogens with zero attached hydrogens (tertiary/aromatic N) is 3. The molecule has 1 heterocycles. The standard InChI is InChI=1S/C13H10F2N4/c1-8-17-3-2-10(19-8)7-18-13-11(14)4-9(6-16)5-12(13)15/h2-5,18H,7H2,1H3. The summed E-state index contributed by atoms with van der Waals surface area (Å²) in [5.74, 6) is -1.02. The van der Waals surface area contributed by atoms with Crippen LogP contribution in [0.2, 0.25) is 0 Å². The van der Waals surface area contributed by atoms with Crippen LogP contribution in [0.25, 0.3) is 0 Å². The van der Waals surface area contributed by atoms with Gasteiger partial charge < -0.3 is 5.32 Å². The molecule has 1 aromatic carbocycles. The van der Waals surface area contributed by atoms with Crippen molar-refractivity contribution in [2.45, 2.75) is 13.5 Å². The first-order valence-electron chi connectivity index (χ1n) is 5.51. The molecule has 0 fully saturated rings. The summed E-state index contributed by atoms with van der Waals surface area (Å²) >= 11 is 0. The third-order valence-corrected chi connectivity index (χ3v) is 2.45. The van der Waals surface area contributed by atoms with Crippen LogP contribution in [0, 0.1) is 29.9 Å². The topological polar surface area (TPSA) is 61.6 Å². The lowest BCUT2D eigenvalue weighted by Gasteiger charge is -2.08. The van der Waals surface area contributed by atoms with Crippen LogP contribution < -0.4 is 5.32 Å². The van der Waals surface area contributed by atoms with Gasteiger partial charge in [0.25, 0.3) is 0 Å². The van der Waals surface area contributed by atoms with Gasteiger partial charge in [-0.1, -0.05) is 0 Å². The van der Waals surface area contributed by atoms with E-state index >= 15 is 0 Å². The van der Waals surface area contributed by atoms with Crippen LogP contribution in [0.15, 0.2) is 24.4 Å². The molecule has 6 heteroatoms. The van der Waals surface area contributed by atoms with Crippen LogP contribution in [-0.4, -0.2) is 9.97 Å².